The van der Waals surface area contributed by atoms with Gasteiger partial charge in [0.2, 0.25) is 5.24 Å². The van der Waals surface area contributed by atoms with E-state index in [1.807, 2.05) is 30.5 Å². The molecule has 3 nitrogen and oxygen atoms in total. The van der Waals surface area contributed by atoms with Gasteiger partial charge >= 0.3 is 0 Å². The van der Waals surface area contributed by atoms with Crippen LogP contribution in [0.2, 0.25) is 0 Å². The van der Waals surface area contributed by atoms with E-state index < -0.39 is 11.3 Å². The summed E-state index contributed by atoms with van der Waals surface area (Å²) in [5, 5.41) is 0.589. The molecule has 0 spiro atoms. The molecule has 0 aliphatic rings. The lowest BCUT2D eigenvalue weighted by molar-refractivity contribution is -0.112. The Balaban J connectivity index is 2.32. The summed E-state index contributed by atoms with van der Waals surface area (Å²) in [7, 11) is 0. The monoisotopic (exact) mass is 222 g/mol. The van der Waals surface area contributed by atoms with Gasteiger partial charge in [-0.25, -0.2) is 0 Å². The lowest BCUT2D eigenvalue weighted by atomic mass is 10.1. The fraction of sp³-hybridized carbons (Fsp3) is 0.182. The average molecular weight is 223 g/mol. The third kappa shape index (κ3) is 2.03. The van der Waals surface area contributed by atoms with Crippen molar-refractivity contribution in [1.82, 2.24) is 4.98 Å². The van der Waals surface area contributed by atoms with Gasteiger partial charge in [0.25, 0.3) is 0 Å². The molecule has 4 heteroatoms. The molecule has 3 N–H and O–H groups in total. The van der Waals surface area contributed by atoms with E-state index >= 15 is 0 Å². The number of aromatic amines is 1. The first-order chi connectivity index (χ1) is 7.18. The Labute approximate surface area is 92.2 Å². The van der Waals surface area contributed by atoms with E-state index in [0.29, 0.717) is 6.42 Å². The minimum absolute atomic E-state index is 0.465. The maximum Gasteiger partial charge on any atom is 0.238 e. The second-order valence-corrected chi connectivity index (χ2v) is 3.85. The molecule has 78 valence electrons. The minimum Gasteiger partial charge on any atom is -0.361 e. The number of carbonyl (C=O) groups excluding carboxylic acids is 1. The molecule has 0 saturated carbocycles. The highest BCUT2D eigenvalue weighted by Crippen LogP contribution is 2.18. The molecule has 0 radical (unpaired) electrons. The van der Waals surface area contributed by atoms with Gasteiger partial charge in [-0.2, -0.15) is 0 Å². The van der Waals surface area contributed by atoms with Crippen molar-refractivity contribution in [3.63, 3.8) is 0 Å². The highest BCUT2D eigenvalue weighted by atomic mass is 35.5. The average Bonchev–Trinajstić information content (AvgIpc) is 2.62. The second-order valence-electron chi connectivity index (χ2n) is 3.47. The Hall–Kier alpha value is -1.32. The predicted molar refractivity (Wildman–Crippen MR) is 60.8 cm³/mol. The Kier molecular flexibility index (Phi) is 2.75. The summed E-state index contributed by atoms with van der Waals surface area (Å²) in [6, 6.07) is 7.24. The molecule has 0 amide bonds. The van der Waals surface area contributed by atoms with Crippen LogP contribution >= 0.6 is 11.6 Å². The van der Waals surface area contributed by atoms with Gasteiger partial charge in [0, 0.05) is 17.1 Å². The van der Waals surface area contributed by atoms with Gasteiger partial charge in [-0.1, -0.05) is 18.2 Å². The highest BCUT2D eigenvalue weighted by molar-refractivity contribution is 6.64. The van der Waals surface area contributed by atoms with Crippen LogP contribution in [0.4, 0.5) is 0 Å². The first kappa shape index (κ1) is 10.2. The van der Waals surface area contributed by atoms with E-state index in [4.69, 9.17) is 17.3 Å². The summed E-state index contributed by atoms with van der Waals surface area (Å²) in [5.74, 6) is 0. The maximum absolute atomic E-state index is 10.8. The molecular formula is C11H11ClN2O. The Morgan fingerprint density at radius 2 is 2.20 bits per heavy atom. The minimum atomic E-state index is -0.633. The number of nitrogens with two attached hydrogens (primary N) is 1. The number of nitrogens with one attached hydrogen (secondary N) is 1. The van der Waals surface area contributed by atoms with Crippen molar-refractivity contribution in [3.8, 4) is 0 Å². The topological polar surface area (TPSA) is 58.9 Å². The molecule has 15 heavy (non-hydrogen) atoms. The number of rotatable bonds is 3. The number of carbonyl (C=O) groups is 1. The van der Waals surface area contributed by atoms with Crippen LogP contribution in [0.5, 0.6) is 0 Å². The fourth-order valence-corrected chi connectivity index (χ4v) is 1.69. The molecule has 0 saturated heterocycles. The fourth-order valence-electron chi connectivity index (χ4n) is 1.62. The molecule has 0 aliphatic carbocycles. The first-order valence-corrected chi connectivity index (χ1v) is 5.06. The van der Waals surface area contributed by atoms with Crippen LogP contribution in [0.15, 0.2) is 30.5 Å². The zero-order chi connectivity index (χ0) is 10.8. The molecule has 1 aromatic carbocycles. The van der Waals surface area contributed by atoms with Crippen LogP contribution in [0, 0.1) is 0 Å². The number of benzene rings is 1. The zero-order valence-corrected chi connectivity index (χ0v) is 8.79. The van der Waals surface area contributed by atoms with E-state index in [9.17, 15) is 4.79 Å². The molecule has 0 fully saturated rings. The van der Waals surface area contributed by atoms with Crippen LogP contribution in [0.25, 0.3) is 10.9 Å². The molecule has 0 unspecified atom stereocenters. The maximum atomic E-state index is 10.8. The van der Waals surface area contributed by atoms with Gasteiger partial charge in [0.05, 0.1) is 6.04 Å². The smallest absolute Gasteiger partial charge is 0.238 e. The number of halogens is 1. The largest absolute Gasteiger partial charge is 0.361 e. The van der Waals surface area contributed by atoms with Crippen LogP contribution in [-0.2, 0) is 11.2 Å². The first-order valence-electron chi connectivity index (χ1n) is 4.68. The van der Waals surface area contributed by atoms with Gasteiger partial charge in [-0.3, -0.25) is 4.79 Å². The standard InChI is InChI=1S/C11H11ClN2O/c12-11(15)9(13)5-7-6-14-10-4-2-1-3-8(7)10/h1-4,6,9,14H,5,13H2/t9-/m0/s1. The summed E-state index contributed by atoms with van der Waals surface area (Å²) < 4.78 is 0. The SMILES string of the molecule is N[C@@H](Cc1c[nH]c2ccccc12)C(=O)Cl. The summed E-state index contributed by atoms with van der Waals surface area (Å²) >= 11 is 5.32. The molecule has 1 atom stereocenters. The van der Waals surface area contributed by atoms with Gasteiger partial charge in [-0.15, -0.1) is 0 Å². The lowest BCUT2D eigenvalue weighted by Gasteiger charge is -2.04. The Morgan fingerprint density at radius 3 is 2.93 bits per heavy atom. The number of fused-ring (bicyclic) bond motifs is 1. The summed E-state index contributed by atoms with van der Waals surface area (Å²) in [4.78, 5) is 14.0. The molecule has 1 aromatic heterocycles. The van der Waals surface area contributed by atoms with Crippen LogP contribution < -0.4 is 5.73 Å². The third-order valence-electron chi connectivity index (χ3n) is 2.41. The summed E-state index contributed by atoms with van der Waals surface area (Å²) in [6.45, 7) is 0. The van der Waals surface area contributed by atoms with Crippen molar-refractivity contribution < 1.29 is 4.79 Å². The van der Waals surface area contributed by atoms with Gasteiger partial charge < -0.3 is 10.7 Å². The molecule has 2 rings (SSSR count). The molecule has 1 heterocycles. The van der Waals surface area contributed by atoms with Crippen molar-refractivity contribution >= 4 is 27.7 Å². The van der Waals surface area contributed by atoms with Crippen molar-refractivity contribution in [2.24, 2.45) is 5.73 Å². The van der Waals surface area contributed by atoms with E-state index in [0.717, 1.165) is 16.5 Å². The zero-order valence-electron chi connectivity index (χ0n) is 8.03. The quantitative estimate of drug-likeness (QED) is 0.779. The molecule has 0 aliphatic heterocycles. The van der Waals surface area contributed by atoms with E-state index in [1.54, 1.807) is 0 Å². The Morgan fingerprint density at radius 1 is 1.47 bits per heavy atom. The van der Waals surface area contributed by atoms with Crippen molar-refractivity contribution in [1.29, 1.82) is 0 Å². The second kappa shape index (κ2) is 4.04. The van der Waals surface area contributed by atoms with Crippen LogP contribution in [0.1, 0.15) is 5.56 Å². The number of hydrogen-bond donors (Lipinski definition) is 2. The summed E-state index contributed by atoms with van der Waals surface area (Å²) in [6.07, 6.45) is 2.33. The summed E-state index contributed by atoms with van der Waals surface area (Å²) in [5.41, 5.74) is 7.67. The van der Waals surface area contributed by atoms with Gasteiger partial charge in [-0.05, 0) is 29.7 Å². The normalized spacial score (nSPS) is 12.9. The third-order valence-corrected chi connectivity index (χ3v) is 2.69. The number of hydrogen-bond acceptors (Lipinski definition) is 2. The highest BCUT2D eigenvalue weighted by Gasteiger charge is 2.13. The number of H-pyrrole nitrogens is 1. The van der Waals surface area contributed by atoms with E-state index in [1.165, 1.54) is 0 Å². The van der Waals surface area contributed by atoms with Crippen molar-refractivity contribution in [2.75, 3.05) is 0 Å². The Bertz CT molecular complexity index is 492. The molecule has 0 bridgehead atoms. The molecular weight excluding hydrogens is 212 g/mol. The van der Waals surface area contributed by atoms with E-state index in [-0.39, 0.29) is 0 Å². The van der Waals surface area contributed by atoms with Crippen LogP contribution in [0.3, 0.4) is 0 Å². The molecule has 2 aromatic rings. The lowest BCUT2D eigenvalue weighted by Crippen LogP contribution is -2.29. The van der Waals surface area contributed by atoms with Crippen LogP contribution in [-0.4, -0.2) is 16.3 Å². The van der Waals surface area contributed by atoms with Gasteiger partial charge in [0.15, 0.2) is 0 Å². The van der Waals surface area contributed by atoms with E-state index in [2.05, 4.69) is 4.98 Å². The number of para-hydroxylation sites is 1. The number of aromatic nitrogens is 1. The van der Waals surface area contributed by atoms with Crippen molar-refractivity contribution in [2.45, 2.75) is 12.5 Å². The van der Waals surface area contributed by atoms with Gasteiger partial charge in [0.1, 0.15) is 0 Å². The van der Waals surface area contributed by atoms with Crippen molar-refractivity contribution in [3.05, 3.63) is 36.0 Å². The predicted octanol–water partition coefficient (Wildman–Crippen LogP) is 1.80.